The highest BCUT2D eigenvalue weighted by Gasteiger charge is 2.37. The van der Waals surface area contributed by atoms with Crippen molar-refractivity contribution in [1.29, 1.82) is 0 Å². The van der Waals surface area contributed by atoms with Crippen LogP contribution < -0.4 is 10.1 Å². The average molecular weight is 439 g/mol. The van der Waals surface area contributed by atoms with E-state index < -0.39 is 29.3 Å². The van der Waals surface area contributed by atoms with Crippen molar-refractivity contribution in [2.24, 2.45) is 0 Å². The van der Waals surface area contributed by atoms with Crippen LogP contribution in [0.5, 0.6) is 5.75 Å². The normalized spacial score (nSPS) is 19.1. The largest absolute Gasteiger partial charge is 0.422 e. The summed E-state index contributed by atoms with van der Waals surface area (Å²) in [7, 11) is 0. The van der Waals surface area contributed by atoms with Crippen LogP contribution in [-0.4, -0.2) is 28.6 Å². The number of ether oxygens (including phenoxy) is 1. The SMILES string of the molecule is O=C1Oc2ccccc2C(=O)/C1=C/N1C(=O)N/C(=C/c2ccccc2Br)C1=O. The van der Waals surface area contributed by atoms with Gasteiger partial charge in [0, 0.05) is 10.7 Å². The fraction of sp³-hybridized carbons (Fsp3) is 0. The number of Topliss-reactive ketones (excluding diaryl/α,β-unsaturated/α-hetero) is 1. The van der Waals surface area contributed by atoms with E-state index in [0.717, 1.165) is 10.7 Å². The van der Waals surface area contributed by atoms with E-state index in [1.165, 1.54) is 18.2 Å². The van der Waals surface area contributed by atoms with E-state index in [2.05, 4.69) is 21.2 Å². The molecule has 7 nitrogen and oxygen atoms in total. The number of esters is 1. The molecule has 8 heteroatoms. The van der Waals surface area contributed by atoms with E-state index in [-0.39, 0.29) is 17.0 Å². The number of fused-ring (bicyclic) bond motifs is 1. The van der Waals surface area contributed by atoms with Crippen LogP contribution in [0.1, 0.15) is 15.9 Å². The van der Waals surface area contributed by atoms with Crippen LogP contribution in [0.15, 0.2) is 70.5 Å². The smallest absolute Gasteiger partial charge is 0.349 e. The van der Waals surface area contributed by atoms with Gasteiger partial charge in [0.25, 0.3) is 5.91 Å². The standard InChI is InChI=1S/C20H11BrN2O5/c21-14-7-3-1-5-11(14)9-15-18(25)23(20(27)22-15)10-13-17(24)12-6-2-4-8-16(12)28-19(13)26/h1-10H,(H,22,27)/b13-10-,15-9+. The third-order valence-corrected chi connectivity index (χ3v) is 4.89. The first-order valence-electron chi connectivity index (χ1n) is 8.14. The molecular weight excluding hydrogens is 428 g/mol. The molecule has 138 valence electrons. The van der Waals surface area contributed by atoms with E-state index in [1.807, 2.05) is 6.07 Å². The minimum Gasteiger partial charge on any atom is -0.422 e. The summed E-state index contributed by atoms with van der Waals surface area (Å²) in [5, 5.41) is 2.44. The first-order valence-corrected chi connectivity index (χ1v) is 8.93. The second-order valence-corrected chi connectivity index (χ2v) is 6.80. The third kappa shape index (κ3) is 3.03. The Labute approximate surface area is 167 Å². The van der Waals surface area contributed by atoms with E-state index in [9.17, 15) is 19.2 Å². The topological polar surface area (TPSA) is 92.8 Å². The Bertz CT molecular complexity index is 1120. The predicted molar refractivity (Wildman–Crippen MR) is 102 cm³/mol. The maximum Gasteiger partial charge on any atom is 0.349 e. The van der Waals surface area contributed by atoms with E-state index >= 15 is 0 Å². The average Bonchev–Trinajstić information content (AvgIpc) is 2.94. The molecule has 2 aromatic carbocycles. The van der Waals surface area contributed by atoms with Crippen molar-refractivity contribution in [3.05, 3.63) is 81.6 Å². The van der Waals surface area contributed by atoms with Crippen molar-refractivity contribution < 1.29 is 23.9 Å². The van der Waals surface area contributed by atoms with Crippen LogP contribution in [0.3, 0.4) is 0 Å². The number of benzene rings is 2. The zero-order valence-corrected chi connectivity index (χ0v) is 15.7. The number of ketones is 1. The maximum absolute atomic E-state index is 12.6. The van der Waals surface area contributed by atoms with Crippen LogP contribution in [0, 0.1) is 0 Å². The number of rotatable bonds is 2. The summed E-state index contributed by atoms with van der Waals surface area (Å²) >= 11 is 3.36. The number of urea groups is 1. The van der Waals surface area contributed by atoms with Gasteiger partial charge in [-0.1, -0.05) is 46.3 Å². The van der Waals surface area contributed by atoms with Crippen LogP contribution in [0.25, 0.3) is 6.08 Å². The molecule has 0 atom stereocenters. The monoisotopic (exact) mass is 438 g/mol. The van der Waals surface area contributed by atoms with Gasteiger partial charge >= 0.3 is 12.0 Å². The number of carbonyl (C=O) groups is 4. The molecule has 1 fully saturated rings. The summed E-state index contributed by atoms with van der Waals surface area (Å²) in [6.45, 7) is 0. The number of imide groups is 1. The molecular formula is C20H11BrN2O5. The van der Waals surface area contributed by atoms with Gasteiger partial charge in [0.15, 0.2) is 0 Å². The molecule has 0 unspecified atom stereocenters. The number of hydrogen-bond donors (Lipinski definition) is 1. The lowest BCUT2D eigenvalue weighted by Crippen LogP contribution is -2.31. The van der Waals surface area contributed by atoms with E-state index in [0.29, 0.717) is 10.5 Å². The number of carbonyl (C=O) groups excluding carboxylic acids is 4. The van der Waals surface area contributed by atoms with Crippen molar-refractivity contribution in [3.63, 3.8) is 0 Å². The Kier molecular flexibility index (Phi) is 4.40. The Morgan fingerprint density at radius 1 is 0.964 bits per heavy atom. The fourth-order valence-corrected chi connectivity index (χ4v) is 3.19. The molecule has 4 rings (SSSR count). The maximum atomic E-state index is 12.6. The zero-order chi connectivity index (χ0) is 19.8. The molecule has 0 bridgehead atoms. The summed E-state index contributed by atoms with van der Waals surface area (Å²) in [6.07, 6.45) is 2.41. The van der Waals surface area contributed by atoms with Gasteiger partial charge in [-0.25, -0.2) is 14.5 Å². The van der Waals surface area contributed by atoms with Gasteiger partial charge in [-0.2, -0.15) is 0 Å². The summed E-state index contributed by atoms with van der Waals surface area (Å²) < 4.78 is 5.86. The van der Waals surface area contributed by atoms with Gasteiger partial charge in [0.2, 0.25) is 5.78 Å². The minimum absolute atomic E-state index is 0.0192. The first kappa shape index (κ1) is 17.9. The van der Waals surface area contributed by atoms with Crippen LogP contribution in [0.2, 0.25) is 0 Å². The lowest BCUT2D eigenvalue weighted by atomic mass is 10.0. The van der Waals surface area contributed by atoms with Gasteiger partial charge in [-0.15, -0.1) is 0 Å². The molecule has 0 aromatic heterocycles. The van der Waals surface area contributed by atoms with E-state index in [1.54, 1.807) is 30.3 Å². The lowest BCUT2D eigenvalue weighted by Gasteiger charge is -2.17. The van der Waals surface area contributed by atoms with Crippen molar-refractivity contribution >= 4 is 45.7 Å². The summed E-state index contributed by atoms with van der Waals surface area (Å²) in [6, 6.07) is 12.6. The molecule has 2 aliphatic heterocycles. The quantitative estimate of drug-likeness (QED) is 0.255. The van der Waals surface area contributed by atoms with Crippen molar-refractivity contribution in [1.82, 2.24) is 10.2 Å². The van der Waals surface area contributed by atoms with Gasteiger partial charge < -0.3 is 10.1 Å². The first-order chi connectivity index (χ1) is 13.5. The predicted octanol–water partition coefficient (Wildman–Crippen LogP) is 3.03. The number of amides is 3. The van der Waals surface area contributed by atoms with Gasteiger partial charge in [0.05, 0.1) is 5.56 Å². The van der Waals surface area contributed by atoms with Crippen molar-refractivity contribution in [2.45, 2.75) is 0 Å². The Morgan fingerprint density at radius 2 is 1.68 bits per heavy atom. The highest BCUT2D eigenvalue weighted by Crippen LogP contribution is 2.28. The highest BCUT2D eigenvalue weighted by atomic mass is 79.9. The molecule has 2 aliphatic rings. The Morgan fingerprint density at radius 3 is 2.46 bits per heavy atom. The van der Waals surface area contributed by atoms with Crippen LogP contribution in [0.4, 0.5) is 4.79 Å². The number of halogens is 1. The number of nitrogens with zero attached hydrogens (tertiary/aromatic N) is 1. The molecule has 0 spiro atoms. The molecule has 0 saturated carbocycles. The molecule has 0 radical (unpaired) electrons. The Balaban J connectivity index is 1.68. The number of para-hydroxylation sites is 1. The molecule has 2 heterocycles. The summed E-state index contributed by atoms with van der Waals surface area (Å²) in [5.41, 5.74) is 0.488. The number of hydrogen-bond acceptors (Lipinski definition) is 5. The molecule has 0 aliphatic carbocycles. The highest BCUT2D eigenvalue weighted by molar-refractivity contribution is 9.10. The fourth-order valence-electron chi connectivity index (χ4n) is 2.79. The molecule has 3 amide bonds. The number of nitrogens with one attached hydrogen (secondary N) is 1. The van der Waals surface area contributed by atoms with E-state index in [4.69, 9.17) is 4.74 Å². The minimum atomic E-state index is -0.924. The van der Waals surface area contributed by atoms with Crippen LogP contribution >= 0.6 is 15.9 Å². The second-order valence-electron chi connectivity index (χ2n) is 5.94. The zero-order valence-electron chi connectivity index (χ0n) is 14.1. The molecule has 2 aromatic rings. The van der Waals surface area contributed by atoms with Crippen LogP contribution in [-0.2, 0) is 9.59 Å². The van der Waals surface area contributed by atoms with Crippen molar-refractivity contribution in [2.75, 3.05) is 0 Å². The van der Waals surface area contributed by atoms with Crippen molar-refractivity contribution in [3.8, 4) is 5.75 Å². The molecule has 28 heavy (non-hydrogen) atoms. The second kappa shape index (κ2) is 6.90. The summed E-state index contributed by atoms with van der Waals surface area (Å²) in [5.74, 6) is -2.09. The Hall–Kier alpha value is -3.52. The van der Waals surface area contributed by atoms with Gasteiger partial charge in [-0.05, 0) is 29.8 Å². The van der Waals surface area contributed by atoms with Gasteiger partial charge in [0.1, 0.15) is 17.0 Å². The third-order valence-electron chi connectivity index (χ3n) is 4.17. The summed E-state index contributed by atoms with van der Waals surface area (Å²) in [4.78, 5) is 50.3. The molecule has 1 N–H and O–H groups in total. The van der Waals surface area contributed by atoms with Gasteiger partial charge in [-0.3, -0.25) is 9.59 Å². The molecule has 1 saturated heterocycles. The lowest BCUT2D eigenvalue weighted by molar-refractivity contribution is -0.130.